The second-order valence-corrected chi connectivity index (χ2v) is 6.96. The number of esters is 1. The number of ketones is 1. The summed E-state index contributed by atoms with van der Waals surface area (Å²) in [4.78, 5) is 69.5. The van der Waals surface area contributed by atoms with Crippen LogP contribution in [0.4, 0.5) is 11.4 Å². The molecular weight excluding hydrogens is 440 g/mol. The van der Waals surface area contributed by atoms with E-state index >= 15 is 0 Å². The number of nitro benzene ring substituents is 2. The third-order valence-electron chi connectivity index (χ3n) is 4.76. The molecule has 13 nitrogen and oxygen atoms in total. The van der Waals surface area contributed by atoms with Crippen molar-refractivity contribution in [3.8, 4) is 0 Å². The Kier molecular flexibility index (Phi) is 6.71. The molecule has 0 saturated carbocycles. The normalized spacial score (nSPS) is 15.1. The van der Waals surface area contributed by atoms with E-state index in [9.17, 15) is 39.4 Å². The highest BCUT2D eigenvalue weighted by atomic mass is 16.6. The topological polar surface area (TPSA) is 179 Å². The summed E-state index contributed by atoms with van der Waals surface area (Å²) >= 11 is 0. The first-order valence-corrected chi connectivity index (χ1v) is 9.46. The van der Waals surface area contributed by atoms with Crippen LogP contribution >= 0.6 is 0 Å². The lowest BCUT2D eigenvalue weighted by Gasteiger charge is -2.17. The minimum atomic E-state index is -0.985. The monoisotopic (exact) mass is 456 g/mol. The fraction of sp³-hybridized carbons (Fsp3) is 0.200. The molecule has 0 bridgehead atoms. The van der Waals surface area contributed by atoms with Crippen molar-refractivity contribution in [2.24, 2.45) is 5.92 Å². The number of ether oxygens (including phenoxy) is 1. The summed E-state index contributed by atoms with van der Waals surface area (Å²) in [5, 5.41) is 22.7. The van der Waals surface area contributed by atoms with Crippen molar-refractivity contribution in [2.75, 3.05) is 13.2 Å². The fourth-order valence-electron chi connectivity index (χ4n) is 3.11. The summed E-state index contributed by atoms with van der Waals surface area (Å²) in [5.74, 6) is -4.04. The number of non-ortho nitro benzene ring substituents is 1. The number of hydrogen-bond acceptors (Lipinski definition) is 9. The van der Waals surface area contributed by atoms with Crippen LogP contribution in [-0.4, -0.2) is 51.6 Å². The number of carbonyl (C=O) groups excluding carboxylic acids is 4. The number of Topliss-reactive ketones (excluding diaryl/α,β-unsaturated/α-hetero) is 1. The number of carbonyl (C=O) groups is 4. The second kappa shape index (κ2) is 9.64. The van der Waals surface area contributed by atoms with Gasteiger partial charge in [-0.2, -0.15) is 0 Å². The van der Waals surface area contributed by atoms with Crippen LogP contribution in [-0.2, 0) is 14.3 Å². The largest absolute Gasteiger partial charge is 0.457 e. The van der Waals surface area contributed by atoms with E-state index in [1.54, 1.807) is 0 Å². The fourth-order valence-corrected chi connectivity index (χ4v) is 3.11. The number of rotatable bonds is 8. The molecule has 2 amide bonds. The summed E-state index contributed by atoms with van der Waals surface area (Å²) < 4.78 is 4.94. The summed E-state index contributed by atoms with van der Waals surface area (Å²) in [7, 11) is 0. The van der Waals surface area contributed by atoms with E-state index in [1.807, 2.05) is 0 Å². The van der Waals surface area contributed by atoms with Gasteiger partial charge in [0, 0.05) is 30.2 Å². The van der Waals surface area contributed by atoms with Gasteiger partial charge in [-0.1, -0.05) is 24.3 Å². The van der Waals surface area contributed by atoms with Crippen molar-refractivity contribution < 1.29 is 33.8 Å². The zero-order chi connectivity index (χ0) is 24.1. The van der Waals surface area contributed by atoms with Crippen molar-refractivity contribution in [2.45, 2.75) is 6.42 Å². The summed E-state index contributed by atoms with van der Waals surface area (Å²) in [6, 6.07) is 10.1. The van der Waals surface area contributed by atoms with E-state index in [-0.39, 0.29) is 29.8 Å². The van der Waals surface area contributed by atoms with Crippen LogP contribution in [0.5, 0.6) is 0 Å². The van der Waals surface area contributed by atoms with Crippen molar-refractivity contribution in [3.63, 3.8) is 0 Å². The smallest absolute Gasteiger partial charge is 0.311 e. The van der Waals surface area contributed by atoms with Gasteiger partial charge in [-0.3, -0.25) is 49.8 Å². The molecular formula is C20H16N4O9. The molecule has 2 aromatic carbocycles. The van der Waals surface area contributed by atoms with Crippen LogP contribution in [0.15, 0.2) is 48.5 Å². The van der Waals surface area contributed by atoms with Gasteiger partial charge in [0.05, 0.1) is 22.3 Å². The summed E-state index contributed by atoms with van der Waals surface area (Å²) in [6.45, 7) is -0.942. The highest BCUT2D eigenvalue weighted by molar-refractivity contribution is 6.00. The van der Waals surface area contributed by atoms with E-state index in [4.69, 9.17) is 4.74 Å². The molecule has 0 aromatic heterocycles. The molecule has 2 aromatic rings. The van der Waals surface area contributed by atoms with Gasteiger partial charge in [0.25, 0.3) is 17.3 Å². The average molecular weight is 456 g/mol. The Morgan fingerprint density at radius 2 is 1.79 bits per heavy atom. The summed E-state index contributed by atoms with van der Waals surface area (Å²) in [5.41, 5.74) is 1.22. The predicted molar refractivity (Wildman–Crippen MR) is 109 cm³/mol. The molecule has 1 aliphatic rings. The SMILES string of the molecule is O=C(COC(=O)[C@@H]1CC(=O)N(NC(=O)c2ccccc2[N+](=O)[O-])C1)c1cccc([N+](=O)[O-])c1. The molecule has 0 radical (unpaired) electrons. The predicted octanol–water partition coefficient (Wildman–Crippen LogP) is 1.42. The molecule has 13 heteroatoms. The molecule has 0 aliphatic carbocycles. The van der Waals surface area contributed by atoms with Gasteiger partial charge in [-0.15, -0.1) is 0 Å². The highest BCUT2D eigenvalue weighted by Crippen LogP contribution is 2.21. The van der Waals surface area contributed by atoms with Gasteiger partial charge >= 0.3 is 5.97 Å². The van der Waals surface area contributed by atoms with E-state index in [0.29, 0.717) is 0 Å². The molecule has 0 spiro atoms. The molecule has 3 rings (SSSR count). The lowest BCUT2D eigenvalue weighted by molar-refractivity contribution is -0.385. The van der Waals surface area contributed by atoms with Crippen LogP contribution in [0.2, 0.25) is 0 Å². The van der Waals surface area contributed by atoms with Crippen molar-refractivity contribution in [1.29, 1.82) is 0 Å². The first-order chi connectivity index (χ1) is 15.7. The maximum atomic E-state index is 12.4. The van der Waals surface area contributed by atoms with E-state index < -0.39 is 51.6 Å². The van der Waals surface area contributed by atoms with E-state index in [0.717, 1.165) is 17.1 Å². The third kappa shape index (κ3) is 5.33. The van der Waals surface area contributed by atoms with E-state index in [2.05, 4.69) is 5.43 Å². The molecule has 1 atom stereocenters. The average Bonchev–Trinajstić information content (AvgIpc) is 3.17. The first kappa shape index (κ1) is 23.0. The Balaban J connectivity index is 1.57. The van der Waals surface area contributed by atoms with Crippen LogP contribution in [0.1, 0.15) is 27.1 Å². The number of amides is 2. The van der Waals surface area contributed by atoms with Gasteiger partial charge in [0.2, 0.25) is 11.7 Å². The number of nitro groups is 2. The van der Waals surface area contributed by atoms with Crippen LogP contribution in [0, 0.1) is 26.1 Å². The Morgan fingerprint density at radius 3 is 2.48 bits per heavy atom. The molecule has 1 N–H and O–H groups in total. The lowest BCUT2D eigenvalue weighted by atomic mass is 10.1. The van der Waals surface area contributed by atoms with Crippen molar-refractivity contribution in [3.05, 3.63) is 79.9 Å². The Morgan fingerprint density at radius 1 is 1.06 bits per heavy atom. The van der Waals surface area contributed by atoms with Crippen LogP contribution in [0.3, 0.4) is 0 Å². The van der Waals surface area contributed by atoms with Gasteiger partial charge in [0.15, 0.2) is 6.61 Å². The Bertz CT molecular complexity index is 1160. The molecule has 170 valence electrons. The number of hydrogen-bond donors (Lipinski definition) is 1. The van der Waals surface area contributed by atoms with E-state index in [1.165, 1.54) is 36.4 Å². The van der Waals surface area contributed by atoms with Gasteiger partial charge < -0.3 is 4.74 Å². The Hall–Kier alpha value is -4.68. The molecule has 1 aliphatic heterocycles. The Labute approximate surface area is 185 Å². The third-order valence-corrected chi connectivity index (χ3v) is 4.76. The minimum absolute atomic E-state index is 0.0159. The highest BCUT2D eigenvalue weighted by Gasteiger charge is 2.37. The zero-order valence-corrected chi connectivity index (χ0v) is 16.8. The van der Waals surface area contributed by atoms with Gasteiger partial charge in [0.1, 0.15) is 5.56 Å². The summed E-state index contributed by atoms with van der Waals surface area (Å²) in [6.07, 6.45) is -0.305. The van der Waals surface area contributed by atoms with Crippen LogP contribution in [0.25, 0.3) is 0 Å². The molecule has 1 heterocycles. The van der Waals surface area contributed by atoms with Gasteiger partial charge in [-0.25, -0.2) is 0 Å². The molecule has 1 saturated heterocycles. The van der Waals surface area contributed by atoms with Crippen molar-refractivity contribution in [1.82, 2.24) is 10.4 Å². The molecule has 1 fully saturated rings. The zero-order valence-electron chi connectivity index (χ0n) is 16.8. The van der Waals surface area contributed by atoms with Gasteiger partial charge in [-0.05, 0) is 6.07 Å². The van der Waals surface area contributed by atoms with Crippen molar-refractivity contribution >= 4 is 34.9 Å². The first-order valence-electron chi connectivity index (χ1n) is 9.46. The number of nitrogens with zero attached hydrogens (tertiary/aromatic N) is 3. The quantitative estimate of drug-likeness (QED) is 0.266. The molecule has 0 unspecified atom stereocenters. The number of para-hydroxylation sites is 1. The molecule has 33 heavy (non-hydrogen) atoms. The second-order valence-electron chi connectivity index (χ2n) is 6.96. The number of hydrazine groups is 1. The standard InChI is InChI=1S/C20H16N4O9/c25-17(12-4-3-5-14(8-12)23(29)30)11-33-20(28)13-9-18(26)22(10-13)21-19(27)15-6-1-2-7-16(15)24(31)32/h1-8,13H,9-11H2,(H,21,27)/t13-/m1/s1. The number of nitrogens with one attached hydrogen (secondary N) is 1. The lowest BCUT2D eigenvalue weighted by Crippen LogP contribution is -2.43. The maximum absolute atomic E-state index is 12.4. The van der Waals surface area contributed by atoms with Crippen LogP contribution < -0.4 is 5.43 Å². The maximum Gasteiger partial charge on any atom is 0.311 e. The minimum Gasteiger partial charge on any atom is -0.457 e. The number of benzene rings is 2.